The van der Waals surface area contributed by atoms with E-state index >= 15 is 0 Å². The summed E-state index contributed by atoms with van der Waals surface area (Å²) in [6, 6.07) is 12.9. The van der Waals surface area contributed by atoms with E-state index in [-0.39, 0.29) is 18.2 Å². The lowest BCUT2D eigenvalue weighted by Gasteiger charge is -2.10. The van der Waals surface area contributed by atoms with Crippen LogP contribution in [0.5, 0.6) is 0 Å². The van der Waals surface area contributed by atoms with Crippen LogP contribution in [-0.2, 0) is 9.59 Å². The van der Waals surface area contributed by atoms with Gasteiger partial charge in [-0.15, -0.1) is 0 Å². The van der Waals surface area contributed by atoms with Crippen molar-refractivity contribution in [2.75, 3.05) is 5.32 Å². The molecule has 5 nitrogen and oxygen atoms in total. The molecule has 0 radical (unpaired) electrons. The first-order valence-corrected chi connectivity index (χ1v) is 9.35. The number of carbonyl (C=O) groups is 2. The smallest absolute Gasteiger partial charge is 0.240 e. The summed E-state index contributed by atoms with van der Waals surface area (Å²) in [6.45, 7) is 3.85. The molecule has 1 fully saturated rings. The summed E-state index contributed by atoms with van der Waals surface area (Å²) in [5, 5.41) is 6.20. The molecule has 2 N–H and O–H groups in total. The number of nitrogens with one attached hydrogen (secondary N) is 2. The van der Waals surface area contributed by atoms with Crippen LogP contribution in [0.2, 0.25) is 5.02 Å². The Balaban J connectivity index is 1.63. The Morgan fingerprint density at radius 1 is 1.27 bits per heavy atom. The van der Waals surface area contributed by atoms with Gasteiger partial charge in [-0.25, -0.2) is 4.99 Å². The normalized spacial score (nSPS) is 18.0. The van der Waals surface area contributed by atoms with E-state index in [9.17, 15) is 9.59 Å². The molecule has 3 rings (SSSR count). The van der Waals surface area contributed by atoms with Gasteiger partial charge in [0.25, 0.3) is 0 Å². The van der Waals surface area contributed by atoms with Crippen molar-refractivity contribution in [2.24, 2.45) is 4.99 Å². The molecule has 0 spiro atoms. The number of amides is 2. The molecule has 0 bridgehead atoms. The summed E-state index contributed by atoms with van der Waals surface area (Å²) in [5.41, 5.74) is 3.43. The molecule has 0 aromatic heterocycles. The van der Waals surface area contributed by atoms with Gasteiger partial charge in [0.05, 0.1) is 5.69 Å². The largest absolute Gasteiger partial charge is 0.326 e. The summed E-state index contributed by atoms with van der Waals surface area (Å²) in [4.78, 5) is 28.9. The number of aryl methyl sites for hydroxylation is 2. The third-order valence-electron chi connectivity index (χ3n) is 3.84. The predicted molar refractivity (Wildman–Crippen MR) is 107 cm³/mol. The highest BCUT2D eigenvalue weighted by Gasteiger charge is 2.32. The molecule has 26 heavy (non-hydrogen) atoms. The number of hydrogen-bond acceptors (Lipinski definition) is 4. The number of hydrogen-bond donors (Lipinski definition) is 2. The number of halogens is 1. The molecule has 1 aliphatic rings. The number of aliphatic imine (C=N–C) groups is 1. The van der Waals surface area contributed by atoms with E-state index in [0.29, 0.717) is 15.9 Å². The van der Waals surface area contributed by atoms with E-state index in [0.717, 1.165) is 16.8 Å². The van der Waals surface area contributed by atoms with Crippen molar-refractivity contribution in [3.8, 4) is 0 Å². The van der Waals surface area contributed by atoms with Crippen LogP contribution < -0.4 is 10.6 Å². The summed E-state index contributed by atoms with van der Waals surface area (Å²) < 4.78 is 0. The Kier molecular flexibility index (Phi) is 5.64. The molecule has 2 aromatic rings. The maximum absolute atomic E-state index is 12.3. The molecular weight excluding hydrogens is 370 g/mol. The van der Waals surface area contributed by atoms with Gasteiger partial charge in [-0.1, -0.05) is 35.5 Å². The van der Waals surface area contributed by atoms with E-state index in [4.69, 9.17) is 11.6 Å². The van der Waals surface area contributed by atoms with Crippen molar-refractivity contribution in [3.05, 3.63) is 58.6 Å². The third kappa shape index (κ3) is 4.65. The van der Waals surface area contributed by atoms with Gasteiger partial charge in [-0.3, -0.25) is 9.59 Å². The van der Waals surface area contributed by atoms with Gasteiger partial charge in [0.1, 0.15) is 5.25 Å². The van der Waals surface area contributed by atoms with Gasteiger partial charge in [0.2, 0.25) is 11.8 Å². The molecule has 7 heteroatoms. The Bertz CT molecular complexity index is 898. The zero-order valence-corrected chi connectivity index (χ0v) is 15.9. The van der Waals surface area contributed by atoms with Crippen molar-refractivity contribution < 1.29 is 9.59 Å². The SMILES string of the molecule is Cc1cccc(N=C2NC(=O)[C@H](CC(=O)Nc3ccc(Cl)cc3C)S2)c1. The van der Waals surface area contributed by atoms with Crippen LogP contribution in [0.4, 0.5) is 11.4 Å². The first-order chi connectivity index (χ1) is 12.4. The second-order valence-electron chi connectivity index (χ2n) is 6.06. The quantitative estimate of drug-likeness (QED) is 0.825. The molecule has 2 amide bonds. The predicted octanol–water partition coefficient (Wildman–Crippen LogP) is 4.20. The van der Waals surface area contributed by atoms with Crippen molar-refractivity contribution >= 4 is 51.7 Å². The Morgan fingerprint density at radius 2 is 2.08 bits per heavy atom. The summed E-state index contributed by atoms with van der Waals surface area (Å²) in [6.07, 6.45) is 0.0748. The molecule has 0 saturated carbocycles. The van der Waals surface area contributed by atoms with E-state index in [1.165, 1.54) is 11.8 Å². The summed E-state index contributed by atoms with van der Waals surface area (Å²) in [7, 11) is 0. The lowest BCUT2D eigenvalue weighted by atomic mass is 10.2. The van der Waals surface area contributed by atoms with Crippen LogP contribution in [0.15, 0.2) is 47.5 Å². The Hall–Kier alpha value is -2.31. The number of anilines is 1. The highest BCUT2D eigenvalue weighted by atomic mass is 35.5. The number of amidine groups is 1. The maximum atomic E-state index is 12.3. The minimum absolute atomic E-state index is 0.0748. The lowest BCUT2D eigenvalue weighted by Crippen LogP contribution is -2.28. The molecule has 0 unspecified atom stereocenters. The number of carbonyl (C=O) groups excluding carboxylic acids is 2. The second-order valence-corrected chi connectivity index (χ2v) is 7.69. The lowest BCUT2D eigenvalue weighted by molar-refractivity contribution is -0.122. The molecule has 1 aliphatic heterocycles. The van der Waals surface area contributed by atoms with Crippen LogP contribution in [0.1, 0.15) is 17.5 Å². The summed E-state index contributed by atoms with van der Waals surface area (Å²) in [5.74, 6) is -0.427. The zero-order chi connectivity index (χ0) is 18.7. The molecule has 2 aromatic carbocycles. The number of benzene rings is 2. The topological polar surface area (TPSA) is 70.6 Å². The second kappa shape index (κ2) is 7.93. The maximum Gasteiger partial charge on any atom is 0.240 e. The third-order valence-corrected chi connectivity index (χ3v) is 5.16. The van der Waals surface area contributed by atoms with Crippen molar-refractivity contribution in [1.82, 2.24) is 5.32 Å². The van der Waals surface area contributed by atoms with Crippen molar-refractivity contribution in [2.45, 2.75) is 25.5 Å². The van der Waals surface area contributed by atoms with Gasteiger partial charge in [0.15, 0.2) is 5.17 Å². The monoisotopic (exact) mass is 387 g/mol. The minimum atomic E-state index is -0.494. The number of rotatable bonds is 4. The molecule has 1 atom stereocenters. The van der Waals surface area contributed by atoms with Crippen molar-refractivity contribution in [1.29, 1.82) is 0 Å². The molecule has 0 aliphatic carbocycles. The molecule has 1 saturated heterocycles. The zero-order valence-electron chi connectivity index (χ0n) is 14.4. The highest BCUT2D eigenvalue weighted by Crippen LogP contribution is 2.26. The van der Waals surface area contributed by atoms with Crippen LogP contribution in [0.3, 0.4) is 0 Å². The fourth-order valence-corrected chi connectivity index (χ4v) is 3.76. The average molecular weight is 388 g/mol. The van der Waals surface area contributed by atoms with E-state index in [1.54, 1.807) is 18.2 Å². The Morgan fingerprint density at radius 3 is 2.81 bits per heavy atom. The van der Waals surface area contributed by atoms with Gasteiger partial charge in [-0.2, -0.15) is 0 Å². The van der Waals surface area contributed by atoms with Gasteiger partial charge < -0.3 is 10.6 Å². The summed E-state index contributed by atoms with van der Waals surface area (Å²) >= 11 is 7.19. The molecular formula is C19H18ClN3O2S. The van der Waals surface area contributed by atoms with E-state index in [2.05, 4.69) is 15.6 Å². The van der Waals surface area contributed by atoms with Crippen LogP contribution >= 0.6 is 23.4 Å². The fraction of sp³-hybridized carbons (Fsp3) is 0.211. The van der Waals surface area contributed by atoms with Crippen LogP contribution in [0.25, 0.3) is 0 Å². The van der Waals surface area contributed by atoms with Gasteiger partial charge >= 0.3 is 0 Å². The van der Waals surface area contributed by atoms with E-state index in [1.807, 2.05) is 38.1 Å². The standard InChI is InChI=1S/C19H18ClN3O2S/c1-11-4-3-5-14(8-11)21-19-23-18(25)16(26-19)10-17(24)22-15-7-6-13(20)9-12(15)2/h3-9,16H,10H2,1-2H3,(H,22,24)(H,21,23,25)/t16-/m0/s1. The average Bonchev–Trinajstić information content (AvgIpc) is 2.89. The fourth-order valence-electron chi connectivity index (χ4n) is 2.54. The number of nitrogens with zero attached hydrogens (tertiary/aromatic N) is 1. The van der Waals surface area contributed by atoms with Crippen LogP contribution in [0, 0.1) is 13.8 Å². The van der Waals surface area contributed by atoms with E-state index < -0.39 is 5.25 Å². The van der Waals surface area contributed by atoms with Crippen LogP contribution in [-0.4, -0.2) is 22.2 Å². The van der Waals surface area contributed by atoms with Gasteiger partial charge in [-0.05, 0) is 55.3 Å². The molecule has 1 heterocycles. The van der Waals surface area contributed by atoms with Gasteiger partial charge in [0, 0.05) is 17.1 Å². The van der Waals surface area contributed by atoms with Crippen molar-refractivity contribution in [3.63, 3.8) is 0 Å². The number of thioether (sulfide) groups is 1. The minimum Gasteiger partial charge on any atom is -0.326 e. The molecule has 134 valence electrons. The first kappa shape index (κ1) is 18.5. The highest BCUT2D eigenvalue weighted by molar-refractivity contribution is 8.15. The Labute approximate surface area is 161 Å². The first-order valence-electron chi connectivity index (χ1n) is 8.09.